The van der Waals surface area contributed by atoms with E-state index in [1.54, 1.807) is 48.6 Å². The Labute approximate surface area is 98.8 Å². The van der Waals surface area contributed by atoms with Crippen molar-refractivity contribution in [2.75, 3.05) is 5.32 Å². The lowest BCUT2D eigenvalue weighted by Crippen LogP contribution is -2.08. The van der Waals surface area contributed by atoms with Gasteiger partial charge in [0.15, 0.2) is 0 Å². The number of amides is 1. The molecule has 86 valence electrons. The number of allylic oxidation sites excluding steroid dienone is 1. The van der Waals surface area contributed by atoms with Crippen molar-refractivity contribution in [3.05, 3.63) is 49.2 Å². The standard InChI is InChI=1S/C12H12N4O/c1-2-3-12(17)15-10-4-5-11(14-8-10)16-7-6-13-9-16/h2-9H,1H3,(H,15,17)/b3-2+. The summed E-state index contributed by atoms with van der Waals surface area (Å²) in [5, 5.41) is 2.70. The number of hydrogen-bond donors (Lipinski definition) is 1. The summed E-state index contributed by atoms with van der Waals surface area (Å²) < 4.78 is 1.79. The van der Waals surface area contributed by atoms with Gasteiger partial charge in [0, 0.05) is 12.4 Å². The first-order valence-electron chi connectivity index (χ1n) is 5.17. The molecule has 17 heavy (non-hydrogen) atoms. The van der Waals surface area contributed by atoms with Gasteiger partial charge in [0.25, 0.3) is 0 Å². The van der Waals surface area contributed by atoms with E-state index in [0.29, 0.717) is 5.69 Å². The Morgan fingerprint density at radius 2 is 2.35 bits per heavy atom. The summed E-state index contributed by atoms with van der Waals surface area (Å²) in [6.45, 7) is 1.79. The third kappa shape index (κ3) is 2.78. The van der Waals surface area contributed by atoms with E-state index in [2.05, 4.69) is 15.3 Å². The predicted octanol–water partition coefficient (Wildman–Crippen LogP) is 1.78. The predicted molar refractivity (Wildman–Crippen MR) is 64.8 cm³/mol. The molecule has 0 aliphatic rings. The highest BCUT2D eigenvalue weighted by Crippen LogP contribution is 2.09. The zero-order chi connectivity index (χ0) is 12.1. The van der Waals surface area contributed by atoms with E-state index < -0.39 is 0 Å². The number of nitrogens with zero attached hydrogens (tertiary/aromatic N) is 3. The molecule has 0 aliphatic heterocycles. The fourth-order valence-corrected chi connectivity index (χ4v) is 1.34. The molecule has 0 bridgehead atoms. The minimum atomic E-state index is -0.162. The summed E-state index contributed by atoms with van der Waals surface area (Å²) in [4.78, 5) is 19.4. The van der Waals surface area contributed by atoms with Crippen LogP contribution in [0, 0.1) is 0 Å². The summed E-state index contributed by atoms with van der Waals surface area (Å²) in [5.74, 6) is 0.594. The second kappa shape index (κ2) is 5.07. The van der Waals surface area contributed by atoms with Crippen molar-refractivity contribution in [3.63, 3.8) is 0 Å². The summed E-state index contributed by atoms with van der Waals surface area (Å²) in [5.41, 5.74) is 0.664. The molecule has 0 unspecified atom stereocenters. The lowest BCUT2D eigenvalue weighted by molar-refractivity contribution is -0.111. The van der Waals surface area contributed by atoms with Crippen LogP contribution in [0.5, 0.6) is 0 Å². The average molecular weight is 228 g/mol. The number of hydrogen-bond acceptors (Lipinski definition) is 3. The summed E-state index contributed by atoms with van der Waals surface area (Å²) in [6.07, 6.45) is 9.91. The second-order valence-corrected chi connectivity index (χ2v) is 3.36. The third-order valence-corrected chi connectivity index (χ3v) is 2.10. The van der Waals surface area contributed by atoms with Gasteiger partial charge in [-0.25, -0.2) is 9.97 Å². The van der Waals surface area contributed by atoms with Crippen LogP contribution in [0.15, 0.2) is 49.2 Å². The highest BCUT2D eigenvalue weighted by atomic mass is 16.1. The van der Waals surface area contributed by atoms with Crippen LogP contribution in [-0.2, 0) is 4.79 Å². The molecule has 0 aliphatic carbocycles. The van der Waals surface area contributed by atoms with E-state index in [-0.39, 0.29) is 5.91 Å². The number of rotatable bonds is 3. The molecular weight excluding hydrogens is 216 g/mol. The summed E-state index contributed by atoms with van der Waals surface area (Å²) in [7, 11) is 0. The van der Waals surface area contributed by atoms with Gasteiger partial charge in [0.1, 0.15) is 12.1 Å². The van der Waals surface area contributed by atoms with Gasteiger partial charge in [-0.15, -0.1) is 0 Å². The van der Waals surface area contributed by atoms with Crippen LogP contribution in [-0.4, -0.2) is 20.4 Å². The normalized spacial score (nSPS) is 10.6. The minimum absolute atomic E-state index is 0.162. The molecule has 5 nitrogen and oxygen atoms in total. The smallest absolute Gasteiger partial charge is 0.248 e. The van der Waals surface area contributed by atoms with Crippen LogP contribution < -0.4 is 5.32 Å². The van der Waals surface area contributed by atoms with Crippen molar-refractivity contribution in [1.82, 2.24) is 14.5 Å². The Kier molecular flexibility index (Phi) is 3.30. The molecule has 2 heterocycles. The number of anilines is 1. The Morgan fingerprint density at radius 3 is 2.94 bits per heavy atom. The third-order valence-electron chi connectivity index (χ3n) is 2.10. The number of imidazole rings is 1. The Hall–Kier alpha value is -2.43. The summed E-state index contributed by atoms with van der Waals surface area (Å²) in [6, 6.07) is 3.61. The Morgan fingerprint density at radius 1 is 1.47 bits per heavy atom. The van der Waals surface area contributed by atoms with Gasteiger partial charge in [-0.1, -0.05) is 6.08 Å². The zero-order valence-corrected chi connectivity index (χ0v) is 9.37. The fourth-order valence-electron chi connectivity index (χ4n) is 1.34. The molecule has 0 saturated carbocycles. The monoisotopic (exact) mass is 228 g/mol. The van der Waals surface area contributed by atoms with E-state index in [1.807, 2.05) is 6.07 Å². The van der Waals surface area contributed by atoms with Crippen LogP contribution in [0.25, 0.3) is 5.82 Å². The zero-order valence-electron chi connectivity index (χ0n) is 9.37. The quantitative estimate of drug-likeness (QED) is 0.814. The van der Waals surface area contributed by atoms with Crippen LogP contribution >= 0.6 is 0 Å². The van der Waals surface area contributed by atoms with Gasteiger partial charge in [0.05, 0.1) is 11.9 Å². The van der Waals surface area contributed by atoms with Crippen LogP contribution in [0.2, 0.25) is 0 Å². The lowest BCUT2D eigenvalue weighted by Gasteiger charge is -2.04. The topological polar surface area (TPSA) is 59.8 Å². The van der Waals surface area contributed by atoms with Crippen molar-refractivity contribution >= 4 is 11.6 Å². The number of aromatic nitrogens is 3. The molecule has 1 N–H and O–H groups in total. The Balaban J connectivity index is 2.11. The van der Waals surface area contributed by atoms with Gasteiger partial charge >= 0.3 is 0 Å². The van der Waals surface area contributed by atoms with E-state index in [0.717, 1.165) is 5.82 Å². The van der Waals surface area contributed by atoms with E-state index in [9.17, 15) is 4.79 Å². The first kappa shape index (κ1) is 11.1. The first-order valence-corrected chi connectivity index (χ1v) is 5.17. The molecule has 2 rings (SSSR count). The second-order valence-electron chi connectivity index (χ2n) is 3.36. The van der Waals surface area contributed by atoms with Crippen molar-refractivity contribution in [2.24, 2.45) is 0 Å². The van der Waals surface area contributed by atoms with E-state index in [1.165, 1.54) is 6.08 Å². The maximum atomic E-state index is 11.3. The molecule has 5 heteroatoms. The molecule has 0 saturated heterocycles. The lowest BCUT2D eigenvalue weighted by atomic mass is 10.4. The largest absolute Gasteiger partial charge is 0.321 e. The minimum Gasteiger partial charge on any atom is -0.321 e. The highest BCUT2D eigenvalue weighted by Gasteiger charge is 1.99. The van der Waals surface area contributed by atoms with Crippen LogP contribution in [0.3, 0.4) is 0 Å². The molecule has 0 spiro atoms. The highest BCUT2D eigenvalue weighted by molar-refractivity contribution is 5.99. The van der Waals surface area contributed by atoms with Crippen molar-refractivity contribution < 1.29 is 4.79 Å². The van der Waals surface area contributed by atoms with Crippen molar-refractivity contribution in [1.29, 1.82) is 0 Å². The van der Waals surface area contributed by atoms with E-state index >= 15 is 0 Å². The number of carbonyl (C=O) groups is 1. The first-order chi connectivity index (χ1) is 8.29. The van der Waals surface area contributed by atoms with Gasteiger partial charge in [-0.2, -0.15) is 0 Å². The number of nitrogens with one attached hydrogen (secondary N) is 1. The molecule has 2 aromatic heterocycles. The van der Waals surface area contributed by atoms with Crippen molar-refractivity contribution in [2.45, 2.75) is 6.92 Å². The maximum absolute atomic E-state index is 11.3. The molecule has 1 amide bonds. The maximum Gasteiger partial charge on any atom is 0.248 e. The molecule has 0 fully saturated rings. The number of carbonyl (C=O) groups excluding carboxylic acids is 1. The van der Waals surface area contributed by atoms with E-state index in [4.69, 9.17) is 0 Å². The van der Waals surface area contributed by atoms with Gasteiger partial charge in [0.2, 0.25) is 5.91 Å². The van der Waals surface area contributed by atoms with Gasteiger partial charge in [-0.3, -0.25) is 9.36 Å². The number of pyridine rings is 1. The molecule has 0 atom stereocenters. The Bertz CT molecular complexity index is 514. The average Bonchev–Trinajstić information content (AvgIpc) is 2.84. The SMILES string of the molecule is C/C=C/C(=O)Nc1ccc(-n2ccnc2)nc1. The summed E-state index contributed by atoms with van der Waals surface area (Å²) >= 11 is 0. The van der Waals surface area contributed by atoms with Crippen molar-refractivity contribution in [3.8, 4) is 5.82 Å². The van der Waals surface area contributed by atoms with Crippen LogP contribution in [0.4, 0.5) is 5.69 Å². The fraction of sp³-hybridized carbons (Fsp3) is 0.0833. The molecule has 0 aromatic carbocycles. The molecule has 2 aromatic rings. The molecular formula is C12H12N4O. The molecule has 0 radical (unpaired) electrons. The van der Waals surface area contributed by atoms with Crippen LogP contribution in [0.1, 0.15) is 6.92 Å². The van der Waals surface area contributed by atoms with Gasteiger partial charge < -0.3 is 5.32 Å². The van der Waals surface area contributed by atoms with Gasteiger partial charge in [-0.05, 0) is 25.1 Å².